The Balaban J connectivity index is 2.53. The van der Waals surface area contributed by atoms with Crippen LogP contribution in [0.15, 0.2) is 0 Å². The van der Waals surface area contributed by atoms with Gasteiger partial charge in [-0.2, -0.15) is 11.8 Å². The molecule has 1 saturated heterocycles. The Hall–Kier alpha value is -0.260. The van der Waals surface area contributed by atoms with Gasteiger partial charge in [-0.15, -0.1) is 0 Å². The molecular formula is C11H22N2O2S. The summed E-state index contributed by atoms with van der Waals surface area (Å²) < 4.78 is 5.31. The van der Waals surface area contributed by atoms with Crippen LogP contribution in [0.4, 0.5) is 0 Å². The fourth-order valence-electron chi connectivity index (χ4n) is 1.49. The number of carbonyl (C=O) groups excluding carboxylic acids is 1. The quantitative estimate of drug-likeness (QED) is 0.763. The first kappa shape index (κ1) is 13.8. The van der Waals surface area contributed by atoms with Crippen LogP contribution in [-0.2, 0) is 9.53 Å². The summed E-state index contributed by atoms with van der Waals surface area (Å²) in [4.78, 5) is 12.1. The topological polar surface area (TPSA) is 64.3 Å². The number of amides is 1. The summed E-state index contributed by atoms with van der Waals surface area (Å²) in [6, 6.07) is -0.204. The van der Waals surface area contributed by atoms with E-state index < -0.39 is 5.41 Å². The zero-order valence-electron chi connectivity index (χ0n) is 10.5. The molecule has 3 N–H and O–H groups in total. The van der Waals surface area contributed by atoms with E-state index in [2.05, 4.69) is 19.2 Å². The van der Waals surface area contributed by atoms with Crippen molar-refractivity contribution in [1.29, 1.82) is 0 Å². The Labute approximate surface area is 102 Å². The molecule has 1 aliphatic heterocycles. The highest BCUT2D eigenvalue weighted by molar-refractivity contribution is 7.99. The number of hydrogen-bond donors (Lipinski definition) is 2. The van der Waals surface area contributed by atoms with Gasteiger partial charge in [-0.05, 0) is 27.0 Å². The van der Waals surface area contributed by atoms with Crippen molar-refractivity contribution in [2.45, 2.75) is 31.6 Å². The van der Waals surface area contributed by atoms with Gasteiger partial charge in [0, 0.05) is 17.3 Å². The van der Waals surface area contributed by atoms with E-state index >= 15 is 0 Å². The van der Waals surface area contributed by atoms with Crippen LogP contribution in [0.1, 0.15) is 20.8 Å². The average Bonchev–Trinajstić information content (AvgIpc) is 2.57. The molecule has 0 spiro atoms. The molecule has 16 heavy (non-hydrogen) atoms. The molecular weight excluding hydrogens is 224 g/mol. The molecule has 1 rings (SSSR count). The first-order valence-corrected chi connectivity index (χ1v) is 6.71. The van der Waals surface area contributed by atoms with Crippen LogP contribution in [0.25, 0.3) is 0 Å². The highest BCUT2D eigenvalue weighted by Crippen LogP contribution is 2.28. The Morgan fingerprint density at radius 3 is 2.75 bits per heavy atom. The van der Waals surface area contributed by atoms with E-state index in [-0.39, 0.29) is 16.7 Å². The molecule has 2 unspecified atom stereocenters. The average molecular weight is 246 g/mol. The lowest BCUT2D eigenvalue weighted by molar-refractivity contribution is -0.130. The van der Waals surface area contributed by atoms with Crippen LogP contribution < -0.4 is 11.1 Å². The van der Waals surface area contributed by atoms with E-state index in [9.17, 15) is 4.79 Å². The van der Waals surface area contributed by atoms with Gasteiger partial charge in [0.05, 0.1) is 18.6 Å². The minimum absolute atomic E-state index is 0.000347. The molecule has 1 fully saturated rings. The predicted octanol–water partition coefficient (Wildman–Crippen LogP) is 0.608. The van der Waals surface area contributed by atoms with Gasteiger partial charge in [0.15, 0.2) is 0 Å². The summed E-state index contributed by atoms with van der Waals surface area (Å²) in [6.07, 6.45) is 2.04. The van der Waals surface area contributed by atoms with Crippen LogP contribution in [-0.4, -0.2) is 42.7 Å². The Morgan fingerprint density at radius 2 is 2.31 bits per heavy atom. The molecule has 0 radical (unpaired) electrons. The predicted molar refractivity (Wildman–Crippen MR) is 67.5 cm³/mol. The smallest absolute Gasteiger partial charge is 0.229 e. The van der Waals surface area contributed by atoms with Crippen molar-refractivity contribution in [3.63, 3.8) is 0 Å². The summed E-state index contributed by atoms with van der Waals surface area (Å²) in [5, 5.41) is 2.97. The van der Waals surface area contributed by atoms with E-state index in [1.807, 2.05) is 13.2 Å². The molecule has 0 aromatic heterocycles. The van der Waals surface area contributed by atoms with Gasteiger partial charge in [0.2, 0.25) is 5.91 Å². The van der Waals surface area contributed by atoms with E-state index in [1.165, 1.54) is 0 Å². The molecule has 1 amide bonds. The fraction of sp³-hybridized carbons (Fsp3) is 0.909. The maximum Gasteiger partial charge on any atom is 0.229 e. The van der Waals surface area contributed by atoms with Crippen LogP contribution in [0.3, 0.4) is 0 Å². The van der Waals surface area contributed by atoms with Gasteiger partial charge in [0.1, 0.15) is 0 Å². The van der Waals surface area contributed by atoms with Crippen LogP contribution in [0, 0.1) is 5.41 Å². The minimum Gasteiger partial charge on any atom is -0.379 e. The first-order valence-electron chi connectivity index (χ1n) is 5.48. The maximum absolute atomic E-state index is 12.1. The highest BCUT2D eigenvalue weighted by Gasteiger charge is 2.44. The lowest BCUT2D eigenvalue weighted by Gasteiger charge is -2.29. The Morgan fingerprint density at radius 1 is 1.69 bits per heavy atom. The standard InChI is InChI=1S/C11H22N2O2S/c1-10(2,16-4)6-13-9(14)11(3)7-15-5-8(11)12/h8H,5-7,12H2,1-4H3,(H,13,14). The van der Waals surface area contributed by atoms with Crippen molar-refractivity contribution < 1.29 is 9.53 Å². The molecule has 0 aliphatic carbocycles. The van der Waals surface area contributed by atoms with Gasteiger partial charge >= 0.3 is 0 Å². The number of hydrogen-bond acceptors (Lipinski definition) is 4. The number of ether oxygens (including phenoxy) is 1. The Bertz CT molecular complexity index is 271. The van der Waals surface area contributed by atoms with Crippen LogP contribution in [0.2, 0.25) is 0 Å². The second-order valence-electron chi connectivity index (χ2n) is 5.19. The van der Waals surface area contributed by atoms with Gasteiger partial charge in [0.25, 0.3) is 0 Å². The van der Waals surface area contributed by atoms with Gasteiger partial charge < -0.3 is 15.8 Å². The molecule has 1 heterocycles. The van der Waals surface area contributed by atoms with Crippen molar-refractivity contribution in [2.24, 2.45) is 11.1 Å². The molecule has 0 aromatic rings. The molecule has 0 aromatic carbocycles. The van der Waals surface area contributed by atoms with Crippen molar-refractivity contribution in [1.82, 2.24) is 5.32 Å². The largest absolute Gasteiger partial charge is 0.379 e. The second-order valence-corrected chi connectivity index (χ2v) is 6.70. The molecule has 0 bridgehead atoms. The monoisotopic (exact) mass is 246 g/mol. The third-order valence-electron chi connectivity index (χ3n) is 3.26. The zero-order chi connectivity index (χ0) is 12.4. The minimum atomic E-state index is -0.575. The van der Waals surface area contributed by atoms with Crippen molar-refractivity contribution in [2.75, 3.05) is 26.0 Å². The maximum atomic E-state index is 12.1. The molecule has 94 valence electrons. The summed E-state index contributed by atoms with van der Waals surface area (Å²) in [5.41, 5.74) is 5.32. The summed E-state index contributed by atoms with van der Waals surface area (Å²) in [7, 11) is 0. The van der Waals surface area contributed by atoms with Gasteiger partial charge in [-0.25, -0.2) is 0 Å². The summed E-state index contributed by atoms with van der Waals surface area (Å²) in [6.45, 7) is 7.60. The fourth-order valence-corrected chi connectivity index (χ4v) is 1.71. The van der Waals surface area contributed by atoms with E-state index in [0.717, 1.165) is 0 Å². The summed E-state index contributed by atoms with van der Waals surface area (Å²) in [5.74, 6) is -0.000347. The number of nitrogens with one attached hydrogen (secondary N) is 1. The lowest BCUT2D eigenvalue weighted by Crippen LogP contribution is -2.51. The normalized spacial score (nSPS) is 30.4. The lowest BCUT2D eigenvalue weighted by atomic mass is 9.85. The first-order chi connectivity index (χ1) is 7.32. The number of thioether (sulfide) groups is 1. The van der Waals surface area contributed by atoms with E-state index in [0.29, 0.717) is 19.8 Å². The zero-order valence-corrected chi connectivity index (χ0v) is 11.3. The molecule has 4 nitrogen and oxygen atoms in total. The van der Waals surface area contributed by atoms with Crippen molar-refractivity contribution in [3.05, 3.63) is 0 Å². The molecule has 1 aliphatic rings. The molecule has 2 atom stereocenters. The highest BCUT2D eigenvalue weighted by atomic mass is 32.2. The third-order valence-corrected chi connectivity index (χ3v) is 4.51. The summed E-state index contributed by atoms with van der Waals surface area (Å²) >= 11 is 1.73. The van der Waals surface area contributed by atoms with Crippen LogP contribution in [0.5, 0.6) is 0 Å². The van der Waals surface area contributed by atoms with Gasteiger partial charge in [-0.3, -0.25) is 4.79 Å². The van der Waals surface area contributed by atoms with E-state index in [1.54, 1.807) is 11.8 Å². The number of nitrogens with two attached hydrogens (primary N) is 1. The van der Waals surface area contributed by atoms with Crippen molar-refractivity contribution >= 4 is 17.7 Å². The SMILES string of the molecule is CSC(C)(C)CNC(=O)C1(C)COCC1N. The molecule has 0 saturated carbocycles. The van der Waals surface area contributed by atoms with Gasteiger partial charge in [-0.1, -0.05) is 0 Å². The third kappa shape index (κ3) is 2.90. The van der Waals surface area contributed by atoms with E-state index in [4.69, 9.17) is 10.5 Å². The second kappa shape index (κ2) is 4.94. The Kier molecular flexibility index (Phi) is 4.26. The number of rotatable bonds is 4. The number of carbonyl (C=O) groups is 1. The molecule has 5 heteroatoms. The van der Waals surface area contributed by atoms with Crippen molar-refractivity contribution in [3.8, 4) is 0 Å². The van der Waals surface area contributed by atoms with Crippen LogP contribution >= 0.6 is 11.8 Å².